The molecule has 0 saturated carbocycles. The Morgan fingerprint density at radius 1 is 1.00 bits per heavy atom. The van der Waals surface area contributed by atoms with Crippen LogP contribution in [0.1, 0.15) is 66.7 Å². The maximum absolute atomic E-state index is 13.2. The molecule has 3 aliphatic rings. The molecule has 7 nitrogen and oxygen atoms in total. The predicted molar refractivity (Wildman–Crippen MR) is 108 cm³/mol. The molecule has 0 radical (unpaired) electrons. The maximum atomic E-state index is 13.2. The molecule has 2 saturated heterocycles. The highest BCUT2D eigenvalue weighted by molar-refractivity contribution is 7.88. The third-order valence-corrected chi connectivity index (χ3v) is 8.12. The van der Waals surface area contributed by atoms with E-state index in [1.807, 2.05) is 11.9 Å². The minimum atomic E-state index is -3.16. The van der Waals surface area contributed by atoms with Gasteiger partial charge in [0, 0.05) is 38.3 Å². The smallest absolute Gasteiger partial charge is 0.272 e. The van der Waals surface area contributed by atoms with Crippen molar-refractivity contribution in [2.24, 2.45) is 13.0 Å². The third-order valence-electron chi connectivity index (χ3n) is 6.82. The molecule has 28 heavy (non-hydrogen) atoms. The highest BCUT2D eigenvalue weighted by atomic mass is 32.2. The Morgan fingerprint density at radius 2 is 1.71 bits per heavy atom. The molecule has 3 heterocycles. The van der Waals surface area contributed by atoms with E-state index in [1.165, 1.54) is 6.26 Å². The fraction of sp³-hybridized carbons (Fsp3) is 0.800. The van der Waals surface area contributed by atoms with E-state index in [2.05, 4.69) is 5.10 Å². The molecule has 4 rings (SSSR count). The summed E-state index contributed by atoms with van der Waals surface area (Å²) in [5.74, 6) is 0.444. The van der Waals surface area contributed by atoms with Gasteiger partial charge in [0.15, 0.2) is 0 Å². The molecule has 2 fully saturated rings. The summed E-state index contributed by atoms with van der Waals surface area (Å²) >= 11 is 0. The van der Waals surface area contributed by atoms with Crippen molar-refractivity contribution < 1.29 is 13.2 Å². The fourth-order valence-corrected chi connectivity index (χ4v) is 6.63. The molecule has 0 N–H and O–H groups in total. The summed E-state index contributed by atoms with van der Waals surface area (Å²) in [5, 5.41) is 4.59. The predicted octanol–water partition coefficient (Wildman–Crippen LogP) is 1.97. The number of aromatic nitrogens is 2. The summed E-state index contributed by atoms with van der Waals surface area (Å²) in [4.78, 5) is 15.2. The van der Waals surface area contributed by atoms with Gasteiger partial charge < -0.3 is 4.90 Å². The summed E-state index contributed by atoms with van der Waals surface area (Å²) in [7, 11) is -1.29. The second kappa shape index (κ2) is 7.78. The number of sulfonamides is 1. The summed E-state index contributed by atoms with van der Waals surface area (Å²) in [6.45, 7) is 2.05. The van der Waals surface area contributed by atoms with Gasteiger partial charge in [-0.05, 0) is 57.3 Å². The molecule has 1 aromatic heterocycles. The number of hydrogen-bond acceptors (Lipinski definition) is 4. The Bertz CT molecular complexity index is 840. The number of likely N-dealkylation sites (tertiary alicyclic amines) is 1. The topological polar surface area (TPSA) is 75.5 Å². The Balaban J connectivity index is 1.44. The number of amides is 1. The lowest BCUT2D eigenvalue weighted by Crippen LogP contribution is -2.50. The van der Waals surface area contributed by atoms with E-state index < -0.39 is 10.0 Å². The van der Waals surface area contributed by atoms with Gasteiger partial charge in [0.25, 0.3) is 5.91 Å². The SMILES string of the molecule is Cn1nc2c(c1C(=O)N1CCC(C3CCCCN3S(C)(=O)=O)CC1)CCCC2. The zero-order valence-corrected chi connectivity index (χ0v) is 17.9. The minimum Gasteiger partial charge on any atom is -0.337 e. The molecule has 1 unspecified atom stereocenters. The fourth-order valence-electron chi connectivity index (χ4n) is 5.40. The standard InChI is InChI=1S/C20H32N4O3S/c1-22-19(16-7-3-4-8-17(16)21-22)20(25)23-13-10-15(11-14-23)18-9-5-6-12-24(18)28(2,26)27/h15,18H,3-14H2,1-2H3. The van der Waals surface area contributed by atoms with Gasteiger partial charge in [0.05, 0.1) is 11.9 Å². The number of carbonyl (C=O) groups excluding carboxylic acids is 1. The molecular weight excluding hydrogens is 376 g/mol. The van der Waals surface area contributed by atoms with Crippen LogP contribution >= 0.6 is 0 Å². The number of nitrogens with zero attached hydrogens (tertiary/aromatic N) is 4. The van der Waals surface area contributed by atoms with Crippen molar-refractivity contribution in [1.29, 1.82) is 0 Å². The van der Waals surface area contributed by atoms with E-state index in [4.69, 9.17) is 0 Å². The van der Waals surface area contributed by atoms with Gasteiger partial charge in [-0.25, -0.2) is 8.42 Å². The van der Waals surface area contributed by atoms with E-state index >= 15 is 0 Å². The van der Waals surface area contributed by atoms with Crippen LogP contribution in [0.15, 0.2) is 0 Å². The molecule has 2 aliphatic heterocycles. The van der Waals surface area contributed by atoms with E-state index in [0.29, 0.717) is 25.6 Å². The molecule has 1 aliphatic carbocycles. The monoisotopic (exact) mass is 408 g/mol. The zero-order valence-electron chi connectivity index (χ0n) is 17.1. The van der Waals surface area contributed by atoms with Crippen LogP contribution in [0.5, 0.6) is 0 Å². The van der Waals surface area contributed by atoms with Crippen molar-refractivity contribution >= 4 is 15.9 Å². The van der Waals surface area contributed by atoms with E-state index in [0.717, 1.165) is 74.7 Å². The second-order valence-corrected chi connectivity index (χ2v) is 10.6. The second-order valence-electron chi connectivity index (χ2n) is 8.67. The first-order chi connectivity index (χ1) is 13.4. The molecule has 8 heteroatoms. The first-order valence-electron chi connectivity index (χ1n) is 10.7. The van der Waals surface area contributed by atoms with Crippen molar-refractivity contribution in [3.8, 4) is 0 Å². The van der Waals surface area contributed by atoms with Gasteiger partial charge in [-0.3, -0.25) is 9.48 Å². The average molecular weight is 409 g/mol. The number of hydrogen-bond donors (Lipinski definition) is 0. The van der Waals surface area contributed by atoms with E-state index in [9.17, 15) is 13.2 Å². The van der Waals surface area contributed by atoms with Crippen LogP contribution in [0.25, 0.3) is 0 Å². The van der Waals surface area contributed by atoms with Crippen LogP contribution in [-0.4, -0.2) is 65.2 Å². The lowest BCUT2D eigenvalue weighted by atomic mass is 9.85. The summed E-state index contributed by atoms with van der Waals surface area (Å²) in [6, 6.07) is 0.102. The Labute approximate surface area is 168 Å². The highest BCUT2D eigenvalue weighted by Gasteiger charge is 2.38. The van der Waals surface area contributed by atoms with Crippen LogP contribution in [0.2, 0.25) is 0 Å². The molecule has 1 aromatic rings. The maximum Gasteiger partial charge on any atom is 0.272 e. The van der Waals surface area contributed by atoms with Crippen molar-refractivity contribution in [3.63, 3.8) is 0 Å². The Kier molecular flexibility index (Phi) is 5.53. The van der Waals surface area contributed by atoms with Gasteiger partial charge in [-0.2, -0.15) is 9.40 Å². The lowest BCUT2D eigenvalue weighted by Gasteiger charge is -2.42. The Morgan fingerprint density at radius 3 is 2.43 bits per heavy atom. The van der Waals surface area contributed by atoms with Gasteiger partial charge >= 0.3 is 0 Å². The first-order valence-corrected chi connectivity index (χ1v) is 12.5. The van der Waals surface area contributed by atoms with Crippen molar-refractivity contribution in [1.82, 2.24) is 19.0 Å². The summed E-state index contributed by atoms with van der Waals surface area (Å²) < 4.78 is 27.9. The number of piperidine rings is 2. The molecule has 1 amide bonds. The minimum absolute atomic E-state index is 0.0974. The molecule has 0 aromatic carbocycles. The van der Waals surface area contributed by atoms with Crippen molar-refractivity contribution in [2.75, 3.05) is 25.9 Å². The molecule has 156 valence electrons. The zero-order chi connectivity index (χ0) is 19.9. The van der Waals surface area contributed by atoms with Gasteiger partial charge in [-0.15, -0.1) is 0 Å². The Hall–Kier alpha value is -1.41. The van der Waals surface area contributed by atoms with Crippen LogP contribution in [-0.2, 0) is 29.9 Å². The largest absolute Gasteiger partial charge is 0.337 e. The quantitative estimate of drug-likeness (QED) is 0.766. The number of aryl methyl sites for hydroxylation is 2. The van der Waals surface area contributed by atoms with Crippen LogP contribution < -0.4 is 0 Å². The number of fused-ring (bicyclic) bond motifs is 1. The molecular formula is C20H32N4O3S. The average Bonchev–Trinajstić information content (AvgIpc) is 3.02. The number of carbonyl (C=O) groups is 1. The molecule has 0 bridgehead atoms. The highest BCUT2D eigenvalue weighted by Crippen LogP contribution is 2.33. The molecule has 0 spiro atoms. The third kappa shape index (κ3) is 3.73. The van der Waals surface area contributed by atoms with Crippen LogP contribution in [0.3, 0.4) is 0 Å². The van der Waals surface area contributed by atoms with Gasteiger partial charge in [-0.1, -0.05) is 6.42 Å². The first kappa shape index (κ1) is 19.9. The summed E-state index contributed by atoms with van der Waals surface area (Å²) in [6.07, 6.45) is 10.3. The van der Waals surface area contributed by atoms with Gasteiger partial charge in [0.1, 0.15) is 5.69 Å². The van der Waals surface area contributed by atoms with Crippen molar-refractivity contribution in [2.45, 2.75) is 63.8 Å². The van der Waals surface area contributed by atoms with E-state index in [-0.39, 0.29) is 11.9 Å². The van der Waals surface area contributed by atoms with Crippen molar-refractivity contribution in [3.05, 3.63) is 17.0 Å². The lowest BCUT2D eigenvalue weighted by molar-refractivity contribution is 0.0609. The summed E-state index contributed by atoms with van der Waals surface area (Å²) in [5.41, 5.74) is 3.01. The van der Waals surface area contributed by atoms with E-state index in [1.54, 1.807) is 8.99 Å². The van der Waals surface area contributed by atoms with Gasteiger partial charge in [0.2, 0.25) is 10.0 Å². The van der Waals surface area contributed by atoms with Crippen LogP contribution in [0, 0.1) is 5.92 Å². The van der Waals surface area contributed by atoms with Crippen LogP contribution in [0.4, 0.5) is 0 Å². The molecule has 1 atom stereocenters. The normalized spacial score (nSPS) is 24.9. The number of rotatable bonds is 3.